The lowest BCUT2D eigenvalue weighted by molar-refractivity contribution is -0.150. The lowest BCUT2D eigenvalue weighted by Gasteiger charge is -2.44. The first-order valence-corrected chi connectivity index (χ1v) is 7.09. The molecule has 2 heterocycles. The van der Waals surface area contributed by atoms with Crippen LogP contribution in [0.2, 0.25) is 0 Å². The van der Waals surface area contributed by atoms with Gasteiger partial charge in [0.2, 0.25) is 0 Å². The lowest BCUT2D eigenvalue weighted by atomic mass is 9.76. The van der Waals surface area contributed by atoms with E-state index >= 15 is 0 Å². The van der Waals surface area contributed by atoms with Gasteiger partial charge in [0.25, 0.3) is 0 Å². The van der Waals surface area contributed by atoms with E-state index in [-0.39, 0.29) is 11.5 Å². The molecule has 0 aromatic heterocycles. The molecule has 0 aromatic rings. The molecule has 0 radical (unpaired) electrons. The molecule has 4 heteroatoms. The number of likely N-dealkylation sites (tertiary alicyclic amines) is 1. The lowest BCUT2D eigenvalue weighted by Crippen LogP contribution is -2.54. The van der Waals surface area contributed by atoms with Gasteiger partial charge in [-0.25, -0.2) is 0 Å². The Morgan fingerprint density at radius 2 is 2.22 bits per heavy atom. The highest BCUT2D eigenvalue weighted by molar-refractivity contribution is 5.74. The fourth-order valence-electron chi connectivity index (χ4n) is 3.41. The number of ether oxygens (including phenoxy) is 1. The van der Waals surface area contributed by atoms with Gasteiger partial charge in [0, 0.05) is 13.2 Å². The van der Waals surface area contributed by atoms with Gasteiger partial charge in [-0.1, -0.05) is 13.8 Å². The van der Waals surface area contributed by atoms with E-state index in [0.717, 1.165) is 51.8 Å². The fourth-order valence-corrected chi connectivity index (χ4v) is 3.41. The Bertz CT molecular complexity index is 297. The summed E-state index contributed by atoms with van der Waals surface area (Å²) in [5.41, 5.74) is -0.124. The van der Waals surface area contributed by atoms with Gasteiger partial charge in [-0.3, -0.25) is 9.69 Å². The highest BCUT2D eigenvalue weighted by Crippen LogP contribution is 2.35. The van der Waals surface area contributed by atoms with Crippen molar-refractivity contribution in [3.8, 4) is 0 Å². The molecule has 2 atom stereocenters. The Morgan fingerprint density at radius 1 is 1.44 bits per heavy atom. The smallest absolute Gasteiger partial charge is 0.321 e. The maximum Gasteiger partial charge on any atom is 0.321 e. The number of piperidine rings is 1. The maximum atomic E-state index is 11.5. The molecule has 2 saturated heterocycles. The van der Waals surface area contributed by atoms with E-state index in [2.05, 4.69) is 18.7 Å². The van der Waals surface area contributed by atoms with Crippen molar-refractivity contribution < 1.29 is 14.6 Å². The summed E-state index contributed by atoms with van der Waals surface area (Å²) in [4.78, 5) is 13.6. The standard InChI is InChI=1S/C14H25NO3/c1-14(2)7-4-8-15(12(14)13(16)17)9-6-11-5-3-10-18-11/h11-12H,3-10H2,1-2H3,(H,16,17). The zero-order valence-corrected chi connectivity index (χ0v) is 11.5. The van der Waals surface area contributed by atoms with Gasteiger partial charge in [0.05, 0.1) is 6.10 Å². The average molecular weight is 255 g/mol. The van der Waals surface area contributed by atoms with Crippen LogP contribution in [0.25, 0.3) is 0 Å². The maximum absolute atomic E-state index is 11.5. The van der Waals surface area contributed by atoms with Crippen LogP contribution in [0.1, 0.15) is 46.0 Å². The van der Waals surface area contributed by atoms with E-state index in [0.29, 0.717) is 6.10 Å². The largest absolute Gasteiger partial charge is 0.480 e. The molecule has 0 spiro atoms. The van der Waals surface area contributed by atoms with E-state index in [4.69, 9.17) is 4.74 Å². The minimum Gasteiger partial charge on any atom is -0.480 e. The van der Waals surface area contributed by atoms with Crippen molar-refractivity contribution in [1.82, 2.24) is 4.90 Å². The van der Waals surface area contributed by atoms with Crippen LogP contribution in [0.15, 0.2) is 0 Å². The van der Waals surface area contributed by atoms with E-state index in [9.17, 15) is 9.90 Å². The van der Waals surface area contributed by atoms with Crippen molar-refractivity contribution in [2.45, 2.75) is 58.1 Å². The predicted octanol–water partition coefficient (Wildman–Crippen LogP) is 2.13. The molecular formula is C14H25NO3. The quantitative estimate of drug-likeness (QED) is 0.836. The summed E-state index contributed by atoms with van der Waals surface area (Å²) in [6, 6.07) is -0.340. The van der Waals surface area contributed by atoms with Crippen LogP contribution in [0.3, 0.4) is 0 Å². The Balaban J connectivity index is 1.93. The summed E-state index contributed by atoms with van der Waals surface area (Å²) >= 11 is 0. The van der Waals surface area contributed by atoms with Gasteiger partial charge in [-0.15, -0.1) is 0 Å². The van der Waals surface area contributed by atoms with Gasteiger partial charge in [0.15, 0.2) is 0 Å². The second-order valence-corrected chi connectivity index (χ2v) is 6.29. The van der Waals surface area contributed by atoms with Gasteiger partial charge >= 0.3 is 5.97 Å². The van der Waals surface area contributed by atoms with Crippen LogP contribution in [0.5, 0.6) is 0 Å². The van der Waals surface area contributed by atoms with Crippen molar-refractivity contribution >= 4 is 5.97 Å². The minimum absolute atomic E-state index is 0.124. The zero-order valence-electron chi connectivity index (χ0n) is 11.5. The molecule has 0 saturated carbocycles. The molecule has 2 rings (SSSR count). The van der Waals surface area contributed by atoms with E-state index in [1.54, 1.807) is 0 Å². The number of hydrogen-bond donors (Lipinski definition) is 1. The topological polar surface area (TPSA) is 49.8 Å². The second kappa shape index (κ2) is 5.57. The van der Waals surface area contributed by atoms with Crippen LogP contribution in [0, 0.1) is 5.41 Å². The molecule has 1 N–H and O–H groups in total. The van der Waals surface area contributed by atoms with Crippen molar-refractivity contribution in [1.29, 1.82) is 0 Å². The van der Waals surface area contributed by atoms with Gasteiger partial charge in [0.1, 0.15) is 6.04 Å². The third kappa shape index (κ3) is 3.04. The number of rotatable bonds is 4. The molecule has 2 unspecified atom stereocenters. The van der Waals surface area contributed by atoms with Crippen LogP contribution in [0.4, 0.5) is 0 Å². The number of hydrogen-bond acceptors (Lipinski definition) is 3. The van der Waals surface area contributed by atoms with Crippen molar-refractivity contribution in [2.24, 2.45) is 5.41 Å². The minimum atomic E-state index is -0.674. The predicted molar refractivity (Wildman–Crippen MR) is 69.6 cm³/mol. The van der Waals surface area contributed by atoms with Gasteiger partial charge in [-0.2, -0.15) is 0 Å². The monoisotopic (exact) mass is 255 g/mol. The SMILES string of the molecule is CC1(C)CCCN(CCC2CCCO2)C1C(=O)O. The third-order valence-corrected chi connectivity index (χ3v) is 4.37. The van der Waals surface area contributed by atoms with Gasteiger partial charge < -0.3 is 9.84 Å². The molecule has 2 aliphatic heterocycles. The summed E-state index contributed by atoms with van der Waals surface area (Å²) in [5, 5.41) is 9.46. The molecule has 0 amide bonds. The second-order valence-electron chi connectivity index (χ2n) is 6.29. The molecule has 4 nitrogen and oxygen atoms in total. The van der Waals surface area contributed by atoms with E-state index in [1.807, 2.05) is 0 Å². The number of carboxylic acid groups (broad SMARTS) is 1. The summed E-state index contributed by atoms with van der Waals surface area (Å²) < 4.78 is 5.62. The zero-order chi connectivity index (χ0) is 13.2. The summed E-state index contributed by atoms with van der Waals surface area (Å²) in [5.74, 6) is -0.674. The Morgan fingerprint density at radius 3 is 2.83 bits per heavy atom. The number of carboxylic acids is 1. The first-order valence-electron chi connectivity index (χ1n) is 7.09. The summed E-state index contributed by atoms with van der Waals surface area (Å²) in [6.45, 7) is 6.78. The van der Waals surface area contributed by atoms with Crippen LogP contribution in [-0.2, 0) is 9.53 Å². The third-order valence-electron chi connectivity index (χ3n) is 4.37. The highest BCUT2D eigenvalue weighted by Gasteiger charge is 2.42. The molecule has 18 heavy (non-hydrogen) atoms. The Labute approximate surface area is 109 Å². The average Bonchev–Trinajstić information content (AvgIpc) is 2.77. The first kappa shape index (κ1) is 13.8. The van der Waals surface area contributed by atoms with Crippen molar-refractivity contribution in [3.05, 3.63) is 0 Å². The Hall–Kier alpha value is -0.610. The van der Waals surface area contributed by atoms with E-state index in [1.165, 1.54) is 0 Å². The molecule has 0 aromatic carbocycles. The summed E-state index contributed by atoms with van der Waals surface area (Å²) in [7, 11) is 0. The molecule has 0 bridgehead atoms. The number of nitrogens with zero attached hydrogens (tertiary/aromatic N) is 1. The highest BCUT2D eigenvalue weighted by atomic mass is 16.5. The molecule has 2 fully saturated rings. The van der Waals surface area contributed by atoms with Crippen LogP contribution >= 0.6 is 0 Å². The van der Waals surface area contributed by atoms with Crippen LogP contribution < -0.4 is 0 Å². The molecule has 2 aliphatic rings. The molecule has 104 valence electrons. The molecule has 0 aliphatic carbocycles. The summed E-state index contributed by atoms with van der Waals surface area (Å²) in [6.07, 6.45) is 5.71. The number of carbonyl (C=O) groups is 1. The normalized spacial score (nSPS) is 32.6. The Kier molecular flexibility index (Phi) is 4.28. The first-order chi connectivity index (χ1) is 8.50. The van der Waals surface area contributed by atoms with E-state index < -0.39 is 5.97 Å². The van der Waals surface area contributed by atoms with Crippen molar-refractivity contribution in [3.63, 3.8) is 0 Å². The van der Waals surface area contributed by atoms with Gasteiger partial charge in [-0.05, 0) is 44.1 Å². The molecular weight excluding hydrogens is 230 g/mol. The fraction of sp³-hybridized carbons (Fsp3) is 0.929. The number of aliphatic carboxylic acids is 1. The van der Waals surface area contributed by atoms with Crippen LogP contribution in [-0.4, -0.2) is 47.8 Å². The van der Waals surface area contributed by atoms with Crippen molar-refractivity contribution in [2.75, 3.05) is 19.7 Å².